The first kappa shape index (κ1) is 15.7. The predicted octanol–water partition coefficient (Wildman–Crippen LogP) is 2.93. The molecule has 2 aromatic heterocycles. The van der Waals surface area contributed by atoms with E-state index in [0.717, 1.165) is 12.1 Å². The van der Waals surface area contributed by atoms with Gasteiger partial charge in [-0.25, -0.2) is 15.0 Å². The van der Waals surface area contributed by atoms with Gasteiger partial charge < -0.3 is 5.32 Å². The maximum atomic E-state index is 12.5. The van der Waals surface area contributed by atoms with Crippen molar-refractivity contribution in [2.45, 2.75) is 6.18 Å². The molecule has 0 aliphatic carbocycles. The van der Waals surface area contributed by atoms with E-state index < -0.39 is 17.6 Å². The van der Waals surface area contributed by atoms with Crippen LogP contribution < -0.4 is 5.32 Å². The van der Waals surface area contributed by atoms with Crippen molar-refractivity contribution in [2.24, 2.45) is 0 Å². The molecule has 6 nitrogen and oxygen atoms in total. The highest BCUT2D eigenvalue weighted by atomic mass is 19.4. The number of hydrogen-bond acceptors (Lipinski definition) is 4. The quantitative estimate of drug-likeness (QED) is 0.800. The maximum absolute atomic E-state index is 12.5. The van der Waals surface area contributed by atoms with Crippen molar-refractivity contribution in [2.75, 3.05) is 5.32 Å². The highest BCUT2D eigenvalue weighted by molar-refractivity contribution is 6.02. The van der Waals surface area contributed by atoms with Crippen LogP contribution in [0.1, 0.15) is 16.1 Å². The Hall–Kier alpha value is -3.23. The predicted molar refractivity (Wildman–Crippen MR) is 78.6 cm³/mol. The molecule has 122 valence electrons. The zero-order valence-corrected chi connectivity index (χ0v) is 12.0. The van der Waals surface area contributed by atoms with Crippen LogP contribution in [0.2, 0.25) is 0 Å². The molecular weight excluding hydrogens is 323 g/mol. The van der Waals surface area contributed by atoms with Crippen LogP contribution >= 0.6 is 0 Å². The number of nitrogens with one attached hydrogen (secondary N) is 1. The molecular formula is C15H10F3N5O. The second-order valence-electron chi connectivity index (χ2n) is 4.74. The molecule has 0 aliphatic heterocycles. The van der Waals surface area contributed by atoms with E-state index in [1.54, 1.807) is 6.20 Å². The van der Waals surface area contributed by atoms with Crippen molar-refractivity contribution in [3.05, 3.63) is 66.5 Å². The van der Waals surface area contributed by atoms with Gasteiger partial charge in [0.15, 0.2) is 0 Å². The molecule has 0 atom stereocenters. The molecule has 9 heteroatoms. The molecule has 0 spiro atoms. The first-order valence-corrected chi connectivity index (χ1v) is 6.73. The summed E-state index contributed by atoms with van der Waals surface area (Å²) in [5.74, 6) is -0.300. The van der Waals surface area contributed by atoms with E-state index in [1.807, 2.05) is 0 Å². The first-order valence-electron chi connectivity index (χ1n) is 6.73. The number of anilines is 1. The van der Waals surface area contributed by atoms with Gasteiger partial charge in [0, 0.05) is 24.3 Å². The van der Waals surface area contributed by atoms with Gasteiger partial charge in [0.1, 0.15) is 12.0 Å². The molecule has 0 saturated heterocycles. The monoisotopic (exact) mass is 333 g/mol. The highest BCUT2D eigenvalue weighted by Gasteiger charge is 2.30. The normalized spacial score (nSPS) is 11.3. The third-order valence-corrected chi connectivity index (χ3v) is 3.08. The second-order valence-corrected chi connectivity index (χ2v) is 4.74. The van der Waals surface area contributed by atoms with E-state index >= 15 is 0 Å². The molecule has 24 heavy (non-hydrogen) atoms. The molecule has 1 N–H and O–H groups in total. The van der Waals surface area contributed by atoms with E-state index in [0.29, 0.717) is 0 Å². The van der Waals surface area contributed by atoms with Gasteiger partial charge in [-0.05, 0) is 30.3 Å². The summed E-state index contributed by atoms with van der Waals surface area (Å²) in [6.45, 7) is 0. The van der Waals surface area contributed by atoms with Crippen molar-refractivity contribution >= 4 is 11.6 Å². The number of benzene rings is 1. The summed E-state index contributed by atoms with van der Waals surface area (Å²) < 4.78 is 39.1. The van der Waals surface area contributed by atoms with Crippen LogP contribution in [0, 0.1) is 0 Å². The summed E-state index contributed by atoms with van der Waals surface area (Å²) in [6.07, 6.45) is 1.62. The Morgan fingerprint density at radius 2 is 1.83 bits per heavy atom. The molecule has 1 aromatic carbocycles. The Morgan fingerprint density at radius 1 is 1.08 bits per heavy atom. The number of carbonyl (C=O) groups excluding carboxylic acids is 1. The standard InChI is InChI=1S/C15H10F3N5O/c16-15(17,18)10-1-3-11(4-2-10)21-13(24)12-5-6-20-14(22-12)23-8-7-19-9-23/h1-9H,(H,21,24). The van der Waals surface area contributed by atoms with Crippen LogP contribution in [0.5, 0.6) is 0 Å². The number of aromatic nitrogens is 4. The third-order valence-electron chi connectivity index (χ3n) is 3.08. The molecule has 0 radical (unpaired) electrons. The van der Waals surface area contributed by atoms with Crippen molar-refractivity contribution in [1.29, 1.82) is 0 Å². The average molecular weight is 333 g/mol. The van der Waals surface area contributed by atoms with Gasteiger partial charge >= 0.3 is 6.18 Å². The lowest BCUT2D eigenvalue weighted by molar-refractivity contribution is -0.137. The number of halogens is 3. The second kappa shape index (κ2) is 6.11. The van der Waals surface area contributed by atoms with Gasteiger partial charge in [-0.1, -0.05) is 0 Å². The number of carbonyl (C=O) groups is 1. The van der Waals surface area contributed by atoms with E-state index in [4.69, 9.17) is 0 Å². The third kappa shape index (κ3) is 3.40. The summed E-state index contributed by atoms with van der Waals surface area (Å²) in [7, 11) is 0. The summed E-state index contributed by atoms with van der Waals surface area (Å²) in [5, 5.41) is 2.49. The minimum absolute atomic E-state index is 0.0774. The molecule has 2 heterocycles. The summed E-state index contributed by atoms with van der Waals surface area (Å²) in [4.78, 5) is 24.1. The van der Waals surface area contributed by atoms with E-state index in [9.17, 15) is 18.0 Å². The number of alkyl halides is 3. The lowest BCUT2D eigenvalue weighted by Gasteiger charge is -2.09. The van der Waals surface area contributed by atoms with Crippen molar-refractivity contribution in [1.82, 2.24) is 19.5 Å². The van der Waals surface area contributed by atoms with Gasteiger partial charge in [-0.2, -0.15) is 13.2 Å². The SMILES string of the molecule is O=C(Nc1ccc(C(F)(F)F)cc1)c1ccnc(-n2ccnc2)n1. The Labute approximate surface area is 134 Å². The Bertz CT molecular complexity index is 844. The Kier molecular flexibility index (Phi) is 3.98. The first-order chi connectivity index (χ1) is 11.4. The van der Waals surface area contributed by atoms with Gasteiger partial charge in [-0.3, -0.25) is 9.36 Å². The van der Waals surface area contributed by atoms with E-state index in [1.165, 1.54) is 41.5 Å². The molecule has 3 aromatic rings. The van der Waals surface area contributed by atoms with Gasteiger partial charge in [0.2, 0.25) is 5.95 Å². The smallest absolute Gasteiger partial charge is 0.321 e. The molecule has 3 rings (SSSR count). The maximum Gasteiger partial charge on any atom is 0.416 e. The molecule has 0 aliphatic rings. The van der Waals surface area contributed by atoms with Crippen LogP contribution in [0.4, 0.5) is 18.9 Å². The molecule has 1 amide bonds. The van der Waals surface area contributed by atoms with Gasteiger partial charge in [0.05, 0.1) is 5.56 Å². The van der Waals surface area contributed by atoms with Gasteiger partial charge in [0.25, 0.3) is 5.91 Å². The number of hydrogen-bond donors (Lipinski definition) is 1. The highest BCUT2D eigenvalue weighted by Crippen LogP contribution is 2.29. The number of rotatable bonds is 3. The zero-order chi connectivity index (χ0) is 17.2. The van der Waals surface area contributed by atoms with E-state index in [2.05, 4.69) is 20.3 Å². The lowest BCUT2D eigenvalue weighted by Crippen LogP contribution is -2.15. The minimum atomic E-state index is -4.42. The minimum Gasteiger partial charge on any atom is -0.321 e. The van der Waals surface area contributed by atoms with Crippen molar-refractivity contribution in [3.8, 4) is 5.95 Å². The Balaban J connectivity index is 1.77. The summed E-state index contributed by atoms with van der Waals surface area (Å²) >= 11 is 0. The topological polar surface area (TPSA) is 72.7 Å². The van der Waals surface area contributed by atoms with Crippen LogP contribution in [-0.2, 0) is 6.18 Å². The average Bonchev–Trinajstić information content (AvgIpc) is 3.09. The fourth-order valence-corrected chi connectivity index (χ4v) is 1.91. The molecule has 0 saturated carbocycles. The number of nitrogens with zero attached hydrogens (tertiary/aromatic N) is 4. The lowest BCUT2D eigenvalue weighted by atomic mass is 10.2. The summed E-state index contributed by atoms with van der Waals surface area (Å²) in [5.41, 5.74) is -0.477. The van der Waals surface area contributed by atoms with Crippen LogP contribution in [0.15, 0.2) is 55.2 Å². The molecule has 0 unspecified atom stereocenters. The Morgan fingerprint density at radius 3 is 2.46 bits per heavy atom. The number of imidazole rings is 1. The fraction of sp³-hybridized carbons (Fsp3) is 0.0667. The zero-order valence-electron chi connectivity index (χ0n) is 12.0. The van der Waals surface area contributed by atoms with Gasteiger partial charge in [-0.15, -0.1) is 0 Å². The largest absolute Gasteiger partial charge is 0.416 e. The van der Waals surface area contributed by atoms with E-state index in [-0.39, 0.29) is 17.3 Å². The van der Waals surface area contributed by atoms with Crippen LogP contribution in [0.25, 0.3) is 5.95 Å². The summed E-state index contributed by atoms with van der Waals surface area (Å²) in [6, 6.07) is 5.55. The molecule has 0 fully saturated rings. The van der Waals surface area contributed by atoms with Crippen molar-refractivity contribution in [3.63, 3.8) is 0 Å². The fourth-order valence-electron chi connectivity index (χ4n) is 1.91. The molecule has 0 bridgehead atoms. The van der Waals surface area contributed by atoms with Crippen molar-refractivity contribution < 1.29 is 18.0 Å². The number of amides is 1. The van der Waals surface area contributed by atoms with Crippen LogP contribution in [0.3, 0.4) is 0 Å². The van der Waals surface area contributed by atoms with Crippen LogP contribution in [-0.4, -0.2) is 25.4 Å².